The monoisotopic (exact) mass is 303 g/mol. The lowest BCUT2D eigenvalue weighted by atomic mass is 9.99. The summed E-state index contributed by atoms with van der Waals surface area (Å²) in [5.74, 6) is 1.76. The highest BCUT2D eigenvalue weighted by Crippen LogP contribution is 2.34. The molecule has 21 heavy (non-hydrogen) atoms. The Bertz CT molecular complexity index is 608. The molecular weight excluding hydrogens is 282 g/mol. The van der Waals surface area contributed by atoms with Crippen molar-refractivity contribution in [2.24, 2.45) is 0 Å². The van der Waals surface area contributed by atoms with E-state index in [4.69, 9.17) is 4.98 Å². The van der Waals surface area contributed by atoms with Crippen LogP contribution < -0.4 is 10.2 Å². The molecule has 5 nitrogen and oxygen atoms in total. The largest absolute Gasteiger partial charge is 0.337 e. The maximum absolute atomic E-state index is 4.72. The summed E-state index contributed by atoms with van der Waals surface area (Å²) in [6, 6.07) is 2.80. The third-order valence-electron chi connectivity index (χ3n) is 4.36. The van der Waals surface area contributed by atoms with E-state index in [9.17, 15) is 0 Å². The summed E-state index contributed by atoms with van der Waals surface area (Å²) in [6.07, 6.45) is 5.11. The minimum Gasteiger partial charge on any atom is -0.337 e. The quantitative estimate of drug-likeness (QED) is 0.893. The van der Waals surface area contributed by atoms with E-state index in [-0.39, 0.29) is 0 Å². The Morgan fingerprint density at radius 1 is 1.33 bits per heavy atom. The average Bonchev–Trinajstić information content (AvgIpc) is 3.14. The minimum atomic E-state index is 0.495. The van der Waals surface area contributed by atoms with Crippen molar-refractivity contribution in [2.75, 3.05) is 24.5 Å². The number of fused-ring (bicyclic) bond motifs is 1. The van der Waals surface area contributed by atoms with E-state index in [1.165, 1.54) is 36.1 Å². The van der Waals surface area contributed by atoms with Crippen LogP contribution in [-0.4, -0.2) is 40.9 Å². The van der Waals surface area contributed by atoms with Crippen molar-refractivity contribution in [1.82, 2.24) is 20.5 Å². The lowest BCUT2D eigenvalue weighted by molar-refractivity contribution is 0.480. The summed E-state index contributed by atoms with van der Waals surface area (Å²) in [5.41, 5.74) is 1.52. The van der Waals surface area contributed by atoms with Gasteiger partial charge in [0.15, 0.2) is 5.82 Å². The van der Waals surface area contributed by atoms with Crippen LogP contribution in [0.2, 0.25) is 0 Å². The fourth-order valence-corrected chi connectivity index (χ4v) is 4.42. The molecular formula is C15H21N5S. The van der Waals surface area contributed by atoms with Crippen LogP contribution in [0.3, 0.4) is 0 Å². The molecule has 2 aromatic heterocycles. The average molecular weight is 303 g/mol. The number of nitrogens with one attached hydrogen (secondary N) is 2. The first kappa shape index (κ1) is 13.3. The molecule has 0 aromatic carbocycles. The number of nitrogens with zero attached hydrogens (tertiary/aromatic N) is 3. The molecule has 4 rings (SSSR count). The number of aromatic amines is 1. The van der Waals surface area contributed by atoms with Crippen LogP contribution in [0.5, 0.6) is 0 Å². The number of anilines is 1. The van der Waals surface area contributed by atoms with Crippen molar-refractivity contribution in [3.63, 3.8) is 0 Å². The van der Waals surface area contributed by atoms with Crippen LogP contribution in [0.15, 0.2) is 6.07 Å². The maximum Gasteiger partial charge on any atom is 0.245 e. The predicted molar refractivity (Wildman–Crippen MR) is 86.0 cm³/mol. The van der Waals surface area contributed by atoms with E-state index >= 15 is 0 Å². The molecule has 1 atom stereocenters. The summed E-state index contributed by atoms with van der Waals surface area (Å²) >= 11 is 1.88. The Morgan fingerprint density at radius 2 is 2.24 bits per heavy atom. The van der Waals surface area contributed by atoms with Crippen LogP contribution in [-0.2, 0) is 12.8 Å². The van der Waals surface area contributed by atoms with E-state index in [1.54, 1.807) is 4.88 Å². The van der Waals surface area contributed by atoms with Gasteiger partial charge in [0.1, 0.15) is 0 Å². The summed E-state index contributed by atoms with van der Waals surface area (Å²) in [5, 5.41) is 11.0. The van der Waals surface area contributed by atoms with Crippen LogP contribution >= 0.6 is 11.3 Å². The van der Waals surface area contributed by atoms with Crippen molar-refractivity contribution in [2.45, 2.75) is 38.6 Å². The van der Waals surface area contributed by atoms with Crippen molar-refractivity contribution >= 4 is 17.3 Å². The molecule has 0 bridgehead atoms. The van der Waals surface area contributed by atoms with Crippen molar-refractivity contribution in [1.29, 1.82) is 0 Å². The molecule has 2 aliphatic rings. The first-order chi connectivity index (χ1) is 10.3. The van der Waals surface area contributed by atoms with Gasteiger partial charge >= 0.3 is 0 Å². The lowest BCUT2D eigenvalue weighted by Crippen LogP contribution is -2.49. The molecule has 0 saturated carbocycles. The van der Waals surface area contributed by atoms with Crippen molar-refractivity contribution in [3.05, 3.63) is 16.5 Å². The zero-order valence-corrected chi connectivity index (χ0v) is 13.2. The van der Waals surface area contributed by atoms with E-state index in [1.807, 2.05) is 11.3 Å². The predicted octanol–water partition coefficient (Wildman–Crippen LogP) is 2.21. The third-order valence-corrected chi connectivity index (χ3v) is 5.60. The van der Waals surface area contributed by atoms with E-state index in [0.29, 0.717) is 6.04 Å². The summed E-state index contributed by atoms with van der Waals surface area (Å²) in [6.45, 7) is 5.15. The molecule has 0 unspecified atom stereocenters. The Morgan fingerprint density at radius 3 is 3.10 bits per heavy atom. The molecule has 3 heterocycles. The lowest BCUT2D eigenvalue weighted by Gasteiger charge is -2.30. The van der Waals surface area contributed by atoms with Gasteiger partial charge in [0, 0.05) is 30.6 Å². The van der Waals surface area contributed by atoms with Crippen LogP contribution in [0.4, 0.5) is 5.95 Å². The summed E-state index contributed by atoms with van der Waals surface area (Å²) < 4.78 is 0. The Kier molecular flexibility index (Phi) is 3.43. The fourth-order valence-electron chi connectivity index (χ4n) is 3.23. The Labute approximate surface area is 128 Å². The highest BCUT2D eigenvalue weighted by Gasteiger charge is 2.21. The number of rotatable bonds is 2. The first-order valence-corrected chi connectivity index (χ1v) is 8.64. The van der Waals surface area contributed by atoms with Gasteiger partial charge in [-0.2, -0.15) is 4.98 Å². The van der Waals surface area contributed by atoms with Gasteiger partial charge in [-0.25, -0.2) is 0 Å². The maximum atomic E-state index is 4.72. The van der Waals surface area contributed by atoms with E-state index < -0.39 is 0 Å². The fraction of sp³-hybridized carbons (Fsp3) is 0.600. The Hall–Kier alpha value is -1.40. The highest BCUT2D eigenvalue weighted by atomic mass is 32.1. The minimum absolute atomic E-state index is 0.495. The molecule has 1 aliphatic carbocycles. The van der Waals surface area contributed by atoms with Gasteiger partial charge in [0.05, 0.1) is 4.88 Å². The number of aromatic nitrogens is 3. The van der Waals surface area contributed by atoms with E-state index in [0.717, 1.165) is 31.4 Å². The van der Waals surface area contributed by atoms with Crippen molar-refractivity contribution < 1.29 is 0 Å². The molecule has 2 N–H and O–H groups in total. The van der Waals surface area contributed by atoms with Gasteiger partial charge < -0.3 is 10.2 Å². The molecule has 6 heteroatoms. The second kappa shape index (κ2) is 5.42. The second-order valence-electron chi connectivity index (χ2n) is 6.05. The summed E-state index contributed by atoms with van der Waals surface area (Å²) in [4.78, 5) is 9.77. The number of hydrogen-bond acceptors (Lipinski definition) is 5. The first-order valence-electron chi connectivity index (χ1n) is 7.82. The zero-order chi connectivity index (χ0) is 14.2. The molecule has 1 aliphatic heterocycles. The van der Waals surface area contributed by atoms with Crippen LogP contribution in [0.25, 0.3) is 10.7 Å². The Balaban J connectivity index is 1.57. The molecule has 0 amide bonds. The molecule has 1 saturated heterocycles. The molecule has 0 spiro atoms. The molecule has 112 valence electrons. The smallest absolute Gasteiger partial charge is 0.245 e. The van der Waals surface area contributed by atoms with Gasteiger partial charge in [0.2, 0.25) is 5.95 Å². The standard InChI is InChI=1S/C15H21N5S/c1-10-9-20(7-6-16-10)15-17-14(18-19-15)13-8-11-4-2-3-5-12(11)21-13/h8,10,16H,2-7,9H2,1H3,(H,17,18,19)/t10-/m1/s1. The van der Waals surface area contributed by atoms with Gasteiger partial charge in [-0.1, -0.05) is 0 Å². The van der Waals surface area contributed by atoms with Crippen LogP contribution in [0, 0.1) is 0 Å². The number of piperazine rings is 1. The molecule has 1 fully saturated rings. The molecule has 0 radical (unpaired) electrons. The highest BCUT2D eigenvalue weighted by molar-refractivity contribution is 7.15. The third kappa shape index (κ3) is 2.58. The van der Waals surface area contributed by atoms with Gasteiger partial charge in [0.25, 0.3) is 0 Å². The topological polar surface area (TPSA) is 56.8 Å². The zero-order valence-electron chi connectivity index (χ0n) is 12.4. The SMILES string of the molecule is C[C@@H]1CN(c2n[nH]c(-c3cc4c(s3)CCCC4)n2)CCN1. The van der Waals surface area contributed by atoms with Crippen molar-refractivity contribution in [3.8, 4) is 10.7 Å². The number of H-pyrrole nitrogens is 1. The van der Waals surface area contributed by atoms with Gasteiger partial charge in [-0.05, 0) is 44.2 Å². The summed E-state index contributed by atoms with van der Waals surface area (Å²) in [7, 11) is 0. The van der Waals surface area contributed by atoms with E-state index in [2.05, 4.69) is 33.4 Å². The normalized spacial score (nSPS) is 22.3. The molecule has 2 aromatic rings. The van der Waals surface area contributed by atoms with Gasteiger partial charge in [-0.15, -0.1) is 16.4 Å². The van der Waals surface area contributed by atoms with Crippen LogP contribution in [0.1, 0.15) is 30.2 Å². The number of hydrogen-bond donors (Lipinski definition) is 2. The second-order valence-corrected chi connectivity index (χ2v) is 7.19. The van der Waals surface area contributed by atoms with Gasteiger partial charge in [-0.3, -0.25) is 5.10 Å². The number of thiophene rings is 1. The number of aryl methyl sites for hydroxylation is 2.